The molecule has 0 aliphatic carbocycles. The molecule has 0 bridgehead atoms. The van der Waals surface area contributed by atoms with Gasteiger partial charge in [0.15, 0.2) is 0 Å². The minimum Gasteiger partial charge on any atom is -0.327 e. The monoisotopic (exact) mass is 188 g/mol. The van der Waals surface area contributed by atoms with Gasteiger partial charge < -0.3 is 5.73 Å². The Morgan fingerprint density at radius 2 is 2.25 bits per heavy atom. The van der Waals surface area contributed by atoms with Gasteiger partial charge in [-0.1, -0.05) is 0 Å². The van der Waals surface area contributed by atoms with Crippen LogP contribution in [0.1, 0.15) is 20.8 Å². The lowest BCUT2D eigenvalue weighted by molar-refractivity contribution is 0.249. The summed E-state index contributed by atoms with van der Waals surface area (Å²) < 4.78 is 0.424. The summed E-state index contributed by atoms with van der Waals surface area (Å²) in [5, 5.41) is 0. The van der Waals surface area contributed by atoms with E-state index >= 15 is 0 Å². The summed E-state index contributed by atoms with van der Waals surface area (Å²) in [4.78, 5) is 2.47. The first-order valence-electron chi connectivity index (χ1n) is 4.61. The van der Waals surface area contributed by atoms with Crippen molar-refractivity contribution in [2.24, 2.45) is 5.73 Å². The van der Waals surface area contributed by atoms with E-state index in [9.17, 15) is 0 Å². The molecule has 0 unspecified atom stereocenters. The molecule has 0 aromatic carbocycles. The highest BCUT2D eigenvalue weighted by Crippen LogP contribution is 2.29. The molecule has 1 aliphatic rings. The second kappa shape index (κ2) is 3.99. The van der Waals surface area contributed by atoms with Crippen molar-refractivity contribution < 1.29 is 0 Å². The van der Waals surface area contributed by atoms with Crippen LogP contribution in [0.25, 0.3) is 0 Å². The molecule has 12 heavy (non-hydrogen) atoms. The molecule has 0 saturated carbocycles. The first-order valence-corrected chi connectivity index (χ1v) is 5.60. The maximum Gasteiger partial charge on any atom is 0.0231 e. The number of nitrogens with zero attached hydrogens (tertiary/aromatic N) is 1. The standard InChI is InChI=1S/C9H20N2S/c1-8(10)6-11-4-5-12-9(2,3)7-11/h8H,4-7,10H2,1-3H3/t8-/m0/s1. The van der Waals surface area contributed by atoms with Gasteiger partial charge in [0.05, 0.1) is 0 Å². The highest BCUT2D eigenvalue weighted by Gasteiger charge is 2.26. The smallest absolute Gasteiger partial charge is 0.0231 e. The molecule has 2 N–H and O–H groups in total. The van der Waals surface area contributed by atoms with Crippen molar-refractivity contribution in [3.05, 3.63) is 0 Å². The van der Waals surface area contributed by atoms with Gasteiger partial charge in [-0.05, 0) is 20.8 Å². The van der Waals surface area contributed by atoms with Crippen molar-refractivity contribution in [2.75, 3.05) is 25.4 Å². The van der Waals surface area contributed by atoms with Crippen molar-refractivity contribution in [1.82, 2.24) is 4.90 Å². The van der Waals surface area contributed by atoms with Crippen molar-refractivity contribution in [2.45, 2.75) is 31.6 Å². The number of hydrogen-bond acceptors (Lipinski definition) is 3. The van der Waals surface area contributed by atoms with E-state index in [-0.39, 0.29) is 0 Å². The predicted molar refractivity (Wildman–Crippen MR) is 56.6 cm³/mol. The molecule has 3 heteroatoms. The molecule has 0 aromatic rings. The Labute approximate surface area is 79.9 Å². The molecule has 1 saturated heterocycles. The van der Waals surface area contributed by atoms with Gasteiger partial charge in [0, 0.05) is 36.2 Å². The molecule has 0 spiro atoms. The third-order valence-corrected chi connectivity index (χ3v) is 3.35. The van der Waals surface area contributed by atoms with Crippen LogP contribution in [0.5, 0.6) is 0 Å². The van der Waals surface area contributed by atoms with E-state index in [0.29, 0.717) is 10.8 Å². The SMILES string of the molecule is C[C@H](N)CN1CCSC(C)(C)C1. The molecule has 0 radical (unpaired) electrons. The van der Waals surface area contributed by atoms with Crippen LogP contribution >= 0.6 is 11.8 Å². The highest BCUT2D eigenvalue weighted by molar-refractivity contribution is 8.00. The molecule has 0 aromatic heterocycles. The third kappa shape index (κ3) is 3.33. The predicted octanol–water partition coefficient (Wildman–Crippen LogP) is 1.16. The van der Waals surface area contributed by atoms with E-state index in [1.807, 2.05) is 0 Å². The van der Waals surface area contributed by atoms with E-state index in [1.54, 1.807) is 0 Å². The topological polar surface area (TPSA) is 29.3 Å². The summed E-state index contributed by atoms with van der Waals surface area (Å²) in [5.74, 6) is 1.25. The van der Waals surface area contributed by atoms with Crippen molar-refractivity contribution in [3.63, 3.8) is 0 Å². The fraction of sp³-hybridized carbons (Fsp3) is 1.00. The summed E-state index contributed by atoms with van der Waals surface area (Å²) in [6, 6.07) is 0.309. The fourth-order valence-corrected chi connectivity index (χ4v) is 2.85. The Kier molecular flexibility index (Phi) is 3.44. The molecule has 0 amide bonds. The van der Waals surface area contributed by atoms with Crippen LogP contribution in [0, 0.1) is 0 Å². The zero-order valence-electron chi connectivity index (χ0n) is 8.34. The number of hydrogen-bond donors (Lipinski definition) is 1. The van der Waals surface area contributed by atoms with Gasteiger partial charge >= 0.3 is 0 Å². The van der Waals surface area contributed by atoms with Crippen LogP contribution in [-0.4, -0.2) is 41.1 Å². The summed E-state index contributed by atoms with van der Waals surface area (Å²) in [6.45, 7) is 10.1. The van der Waals surface area contributed by atoms with Gasteiger partial charge in [-0.25, -0.2) is 0 Å². The number of rotatable bonds is 2. The Morgan fingerprint density at radius 1 is 1.58 bits per heavy atom. The van der Waals surface area contributed by atoms with Crippen LogP contribution in [0.4, 0.5) is 0 Å². The molecule has 72 valence electrons. The summed E-state index contributed by atoms with van der Waals surface area (Å²) >= 11 is 2.07. The highest BCUT2D eigenvalue weighted by atomic mass is 32.2. The molecular formula is C9H20N2S. The van der Waals surface area contributed by atoms with E-state index in [4.69, 9.17) is 5.73 Å². The first-order chi connectivity index (χ1) is 5.49. The minimum atomic E-state index is 0.309. The lowest BCUT2D eigenvalue weighted by atomic mass is 10.1. The van der Waals surface area contributed by atoms with Crippen molar-refractivity contribution >= 4 is 11.8 Å². The van der Waals surface area contributed by atoms with Crippen LogP contribution < -0.4 is 5.73 Å². The van der Waals surface area contributed by atoms with Gasteiger partial charge in [0.2, 0.25) is 0 Å². The molecule has 2 nitrogen and oxygen atoms in total. The molecule has 1 aliphatic heterocycles. The third-order valence-electron chi connectivity index (χ3n) is 2.05. The minimum absolute atomic E-state index is 0.309. The number of thioether (sulfide) groups is 1. The second-order valence-corrected chi connectivity index (χ2v) is 6.12. The Morgan fingerprint density at radius 3 is 2.75 bits per heavy atom. The van der Waals surface area contributed by atoms with Crippen LogP contribution in [0.2, 0.25) is 0 Å². The Hall–Kier alpha value is 0.270. The zero-order chi connectivity index (χ0) is 9.19. The molecule has 1 heterocycles. The van der Waals surface area contributed by atoms with Gasteiger partial charge in [-0.3, -0.25) is 4.90 Å². The lowest BCUT2D eigenvalue weighted by Gasteiger charge is -2.38. The van der Waals surface area contributed by atoms with E-state index in [2.05, 4.69) is 37.4 Å². The van der Waals surface area contributed by atoms with Gasteiger partial charge in [-0.15, -0.1) is 0 Å². The average molecular weight is 188 g/mol. The van der Waals surface area contributed by atoms with Gasteiger partial charge in [0.1, 0.15) is 0 Å². The molecule has 1 atom stereocenters. The molecule has 1 rings (SSSR count). The van der Waals surface area contributed by atoms with Gasteiger partial charge in [0.25, 0.3) is 0 Å². The average Bonchev–Trinajstić information content (AvgIpc) is 1.82. The van der Waals surface area contributed by atoms with E-state index < -0.39 is 0 Å². The Balaban J connectivity index is 2.36. The second-order valence-electron chi connectivity index (χ2n) is 4.32. The maximum absolute atomic E-state index is 5.76. The summed E-state index contributed by atoms with van der Waals surface area (Å²) in [6.07, 6.45) is 0. The van der Waals surface area contributed by atoms with Gasteiger partial charge in [-0.2, -0.15) is 11.8 Å². The Bertz CT molecular complexity index is 145. The summed E-state index contributed by atoms with van der Waals surface area (Å²) in [7, 11) is 0. The zero-order valence-corrected chi connectivity index (χ0v) is 9.16. The first kappa shape index (κ1) is 10.4. The fourth-order valence-electron chi connectivity index (χ4n) is 1.68. The van der Waals surface area contributed by atoms with E-state index in [0.717, 1.165) is 6.54 Å². The normalized spacial score (nSPS) is 27.0. The van der Waals surface area contributed by atoms with Crippen LogP contribution in [0.3, 0.4) is 0 Å². The number of nitrogens with two attached hydrogens (primary N) is 1. The lowest BCUT2D eigenvalue weighted by Crippen LogP contribution is -2.47. The van der Waals surface area contributed by atoms with Crippen molar-refractivity contribution in [1.29, 1.82) is 0 Å². The molecular weight excluding hydrogens is 168 g/mol. The quantitative estimate of drug-likeness (QED) is 0.705. The van der Waals surface area contributed by atoms with Crippen LogP contribution in [0.15, 0.2) is 0 Å². The van der Waals surface area contributed by atoms with Crippen LogP contribution in [-0.2, 0) is 0 Å². The largest absolute Gasteiger partial charge is 0.327 e. The van der Waals surface area contributed by atoms with E-state index in [1.165, 1.54) is 18.8 Å². The maximum atomic E-state index is 5.76. The molecule has 1 fully saturated rings. The van der Waals surface area contributed by atoms with Crippen molar-refractivity contribution in [3.8, 4) is 0 Å². The summed E-state index contributed by atoms with van der Waals surface area (Å²) in [5.41, 5.74) is 5.76.